The average molecular weight is 265 g/mol. The van der Waals surface area contributed by atoms with Crippen molar-refractivity contribution in [3.63, 3.8) is 0 Å². The molecule has 1 aliphatic rings. The van der Waals surface area contributed by atoms with Crippen molar-refractivity contribution < 1.29 is 0 Å². The Kier molecular flexibility index (Phi) is 4.42. The van der Waals surface area contributed by atoms with Gasteiger partial charge in [0.2, 0.25) is 0 Å². The first kappa shape index (κ1) is 13.1. The number of nitrogen functional groups attached to an aromatic ring is 1. The van der Waals surface area contributed by atoms with E-state index in [-0.39, 0.29) is 0 Å². The van der Waals surface area contributed by atoms with Gasteiger partial charge in [0.25, 0.3) is 0 Å². The van der Waals surface area contributed by atoms with Crippen LogP contribution in [0.5, 0.6) is 0 Å². The third-order valence-corrected chi connectivity index (χ3v) is 4.20. The van der Waals surface area contributed by atoms with E-state index in [0.717, 1.165) is 44.3 Å². The van der Waals surface area contributed by atoms with Crippen LogP contribution in [0.3, 0.4) is 0 Å². The summed E-state index contributed by atoms with van der Waals surface area (Å²) in [6, 6.07) is 3.94. The van der Waals surface area contributed by atoms with Crippen LogP contribution in [-0.2, 0) is 0 Å². The van der Waals surface area contributed by atoms with Gasteiger partial charge in [0.05, 0.1) is 10.7 Å². The number of rotatable bonds is 4. The van der Waals surface area contributed by atoms with Gasteiger partial charge in [-0.2, -0.15) is 5.26 Å². The molecule has 5 nitrogen and oxygen atoms in total. The van der Waals surface area contributed by atoms with Gasteiger partial charge < -0.3 is 16.0 Å². The fraction of sp³-hybridized carbons (Fsp3) is 0.583. The minimum atomic E-state index is 0.574. The van der Waals surface area contributed by atoms with Gasteiger partial charge in [0, 0.05) is 39.3 Å². The maximum absolute atomic E-state index is 8.83. The molecule has 0 atom stereocenters. The lowest BCUT2D eigenvalue weighted by molar-refractivity contribution is 0.158. The molecule has 0 aromatic carbocycles. The lowest BCUT2D eigenvalue weighted by Crippen LogP contribution is -2.45. The van der Waals surface area contributed by atoms with Crippen molar-refractivity contribution in [2.24, 2.45) is 0 Å². The zero-order valence-electron chi connectivity index (χ0n) is 10.6. The molecule has 0 amide bonds. The van der Waals surface area contributed by atoms with Crippen molar-refractivity contribution >= 4 is 22.0 Å². The number of nitrogens with one attached hydrogen (secondary N) is 1. The van der Waals surface area contributed by atoms with E-state index in [1.54, 1.807) is 0 Å². The van der Waals surface area contributed by atoms with Crippen LogP contribution < -0.4 is 11.1 Å². The highest BCUT2D eigenvalue weighted by molar-refractivity contribution is 7.17. The quantitative estimate of drug-likeness (QED) is 0.845. The Bertz CT molecular complexity index is 428. The van der Waals surface area contributed by atoms with Crippen LogP contribution in [0.1, 0.15) is 4.88 Å². The molecule has 2 rings (SSSR count). The Morgan fingerprint density at radius 3 is 2.78 bits per heavy atom. The van der Waals surface area contributed by atoms with Gasteiger partial charge >= 0.3 is 0 Å². The number of likely N-dealkylation sites (N-methyl/N-ethyl adjacent to an activating group) is 1. The molecule has 2 heterocycles. The molecule has 1 saturated heterocycles. The maximum Gasteiger partial charge on any atom is 0.129 e. The number of nitrogens with zero attached hydrogens (tertiary/aromatic N) is 3. The highest BCUT2D eigenvalue weighted by atomic mass is 32.1. The first-order valence-electron chi connectivity index (χ1n) is 6.13. The molecule has 0 radical (unpaired) electrons. The summed E-state index contributed by atoms with van der Waals surface area (Å²) < 4.78 is 0. The number of hydrogen-bond acceptors (Lipinski definition) is 6. The van der Waals surface area contributed by atoms with Gasteiger partial charge in [-0.15, -0.1) is 11.3 Å². The second-order valence-corrected chi connectivity index (χ2v) is 5.63. The van der Waals surface area contributed by atoms with Gasteiger partial charge in [-0.1, -0.05) is 0 Å². The predicted molar refractivity (Wildman–Crippen MR) is 75.9 cm³/mol. The number of nitrogens with two attached hydrogens (primary N) is 1. The fourth-order valence-corrected chi connectivity index (χ4v) is 2.79. The zero-order chi connectivity index (χ0) is 13.0. The summed E-state index contributed by atoms with van der Waals surface area (Å²) in [7, 11) is 2.16. The molecule has 1 aromatic heterocycles. The molecular weight excluding hydrogens is 246 g/mol. The molecule has 1 aliphatic heterocycles. The van der Waals surface area contributed by atoms with Gasteiger partial charge in [0.15, 0.2) is 0 Å². The summed E-state index contributed by atoms with van der Waals surface area (Å²) >= 11 is 1.42. The SMILES string of the molecule is CN1CCN(CCNc2cc(N)c(C#N)s2)CC1. The molecule has 1 aromatic rings. The van der Waals surface area contributed by atoms with Crippen molar-refractivity contribution in [3.8, 4) is 6.07 Å². The van der Waals surface area contributed by atoms with Gasteiger partial charge in [-0.05, 0) is 13.1 Å². The summed E-state index contributed by atoms with van der Waals surface area (Å²) in [5, 5.41) is 13.1. The second kappa shape index (κ2) is 6.05. The summed E-state index contributed by atoms with van der Waals surface area (Å²) in [6.45, 7) is 6.49. The van der Waals surface area contributed by atoms with E-state index in [1.165, 1.54) is 11.3 Å². The minimum Gasteiger partial charge on any atom is -0.397 e. The molecule has 0 aliphatic carbocycles. The smallest absolute Gasteiger partial charge is 0.129 e. The fourth-order valence-electron chi connectivity index (χ4n) is 1.99. The summed E-state index contributed by atoms with van der Waals surface area (Å²) in [6.07, 6.45) is 0. The molecule has 3 N–H and O–H groups in total. The Morgan fingerprint density at radius 2 is 2.17 bits per heavy atom. The van der Waals surface area contributed by atoms with E-state index in [9.17, 15) is 0 Å². The van der Waals surface area contributed by atoms with Gasteiger partial charge in [-0.25, -0.2) is 0 Å². The number of thiophene rings is 1. The van der Waals surface area contributed by atoms with Gasteiger partial charge in [-0.3, -0.25) is 4.90 Å². The normalized spacial score (nSPS) is 17.6. The third kappa shape index (κ3) is 3.35. The zero-order valence-corrected chi connectivity index (χ0v) is 11.5. The largest absolute Gasteiger partial charge is 0.397 e. The Morgan fingerprint density at radius 1 is 1.44 bits per heavy atom. The number of nitriles is 1. The van der Waals surface area contributed by atoms with Gasteiger partial charge in [0.1, 0.15) is 10.9 Å². The van der Waals surface area contributed by atoms with E-state index in [4.69, 9.17) is 11.0 Å². The predicted octanol–water partition coefficient (Wildman–Crippen LogP) is 0.861. The van der Waals surface area contributed by atoms with Crippen molar-refractivity contribution in [2.75, 3.05) is 57.4 Å². The first-order chi connectivity index (χ1) is 8.69. The minimum absolute atomic E-state index is 0.574. The number of piperazine rings is 1. The Hall–Kier alpha value is -1.29. The molecule has 6 heteroatoms. The average Bonchev–Trinajstić information content (AvgIpc) is 2.72. The van der Waals surface area contributed by atoms with Crippen LogP contribution in [-0.4, -0.2) is 56.1 Å². The second-order valence-electron chi connectivity index (χ2n) is 4.58. The molecule has 0 unspecified atom stereocenters. The van der Waals surface area contributed by atoms with Crippen LogP contribution in [0.2, 0.25) is 0 Å². The number of hydrogen-bond donors (Lipinski definition) is 2. The molecule has 0 saturated carbocycles. The molecule has 0 spiro atoms. The van der Waals surface area contributed by atoms with E-state index >= 15 is 0 Å². The lowest BCUT2D eigenvalue weighted by Gasteiger charge is -2.32. The first-order valence-corrected chi connectivity index (χ1v) is 6.95. The van der Waals surface area contributed by atoms with Crippen molar-refractivity contribution in [2.45, 2.75) is 0 Å². The summed E-state index contributed by atoms with van der Waals surface area (Å²) in [4.78, 5) is 5.40. The van der Waals surface area contributed by atoms with E-state index in [0.29, 0.717) is 10.6 Å². The topological polar surface area (TPSA) is 68.3 Å². The van der Waals surface area contributed by atoms with Crippen molar-refractivity contribution in [1.82, 2.24) is 9.80 Å². The molecule has 18 heavy (non-hydrogen) atoms. The molecule has 98 valence electrons. The van der Waals surface area contributed by atoms with Crippen molar-refractivity contribution in [1.29, 1.82) is 5.26 Å². The van der Waals surface area contributed by atoms with E-state index < -0.39 is 0 Å². The molecule has 0 bridgehead atoms. The lowest BCUT2D eigenvalue weighted by atomic mass is 10.3. The summed E-state index contributed by atoms with van der Waals surface area (Å²) in [5.74, 6) is 0. The maximum atomic E-state index is 8.83. The van der Waals surface area contributed by atoms with Crippen LogP contribution in [0.4, 0.5) is 10.7 Å². The highest BCUT2D eigenvalue weighted by Crippen LogP contribution is 2.27. The van der Waals surface area contributed by atoms with Crippen LogP contribution in [0, 0.1) is 11.3 Å². The van der Waals surface area contributed by atoms with Crippen LogP contribution >= 0.6 is 11.3 Å². The van der Waals surface area contributed by atoms with E-state index in [2.05, 4.69) is 28.2 Å². The number of anilines is 2. The Labute approximate surface area is 112 Å². The highest BCUT2D eigenvalue weighted by Gasteiger charge is 2.13. The van der Waals surface area contributed by atoms with Crippen LogP contribution in [0.25, 0.3) is 0 Å². The standard InChI is InChI=1S/C12H19N5S/c1-16-4-6-17(7-5-16)3-2-15-12-8-10(14)11(9-13)18-12/h8,15H,2-7,14H2,1H3. The van der Waals surface area contributed by atoms with Crippen molar-refractivity contribution in [3.05, 3.63) is 10.9 Å². The summed E-state index contributed by atoms with van der Waals surface area (Å²) in [5.41, 5.74) is 6.29. The van der Waals surface area contributed by atoms with Crippen LogP contribution in [0.15, 0.2) is 6.07 Å². The Balaban J connectivity index is 1.73. The molecule has 1 fully saturated rings. The molecular formula is C12H19N5S. The monoisotopic (exact) mass is 265 g/mol. The third-order valence-electron chi connectivity index (χ3n) is 3.19. The van der Waals surface area contributed by atoms with E-state index in [1.807, 2.05) is 6.07 Å².